The van der Waals surface area contributed by atoms with E-state index in [1.807, 2.05) is 4.68 Å². The number of benzene rings is 1. The number of aromatic nitrogens is 4. The molecule has 1 saturated heterocycles. The molecular weight excluding hydrogens is 459 g/mol. The maximum atomic E-state index is 12.3. The third-order valence-corrected chi connectivity index (χ3v) is 6.84. The number of alkyl halides is 3. The molecule has 1 atom stereocenters. The van der Waals surface area contributed by atoms with Gasteiger partial charge in [-0.1, -0.05) is 24.3 Å². The second-order valence-corrected chi connectivity index (χ2v) is 9.88. The van der Waals surface area contributed by atoms with Gasteiger partial charge in [0.15, 0.2) is 5.65 Å². The van der Waals surface area contributed by atoms with E-state index in [9.17, 15) is 21.6 Å². The van der Waals surface area contributed by atoms with Crippen LogP contribution in [0, 0.1) is 0 Å². The van der Waals surface area contributed by atoms with E-state index in [2.05, 4.69) is 20.0 Å². The summed E-state index contributed by atoms with van der Waals surface area (Å²) in [6.45, 7) is 1.61. The highest BCUT2D eigenvalue weighted by Crippen LogP contribution is 2.33. The molecular formula is C20H24F3N7O2S. The van der Waals surface area contributed by atoms with Crippen LogP contribution in [0.4, 0.5) is 19.0 Å². The van der Waals surface area contributed by atoms with Gasteiger partial charge in [-0.15, -0.1) is 0 Å². The molecule has 4 rings (SSSR count). The minimum absolute atomic E-state index is 0.116. The molecule has 0 saturated carbocycles. The van der Waals surface area contributed by atoms with E-state index < -0.39 is 28.4 Å². The van der Waals surface area contributed by atoms with Gasteiger partial charge in [-0.2, -0.15) is 18.3 Å². The summed E-state index contributed by atoms with van der Waals surface area (Å²) in [7, 11) is -4.04. The molecule has 13 heteroatoms. The maximum Gasteiger partial charge on any atom is 0.390 e. The number of hydrogen-bond donors (Lipinski definition) is 3. The number of piperidine rings is 1. The Hall–Kier alpha value is -2.77. The first-order valence-corrected chi connectivity index (χ1v) is 12.1. The van der Waals surface area contributed by atoms with Crippen molar-refractivity contribution < 1.29 is 21.6 Å². The summed E-state index contributed by atoms with van der Waals surface area (Å²) in [5.41, 5.74) is 8.75. The molecule has 178 valence electrons. The van der Waals surface area contributed by atoms with Crippen molar-refractivity contribution in [2.45, 2.75) is 38.0 Å². The van der Waals surface area contributed by atoms with Crippen LogP contribution < -0.4 is 15.8 Å². The van der Waals surface area contributed by atoms with Crippen molar-refractivity contribution >= 4 is 26.9 Å². The van der Waals surface area contributed by atoms with Gasteiger partial charge in [-0.3, -0.25) is 0 Å². The molecule has 33 heavy (non-hydrogen) atoms. The van der Waals surface area contributed by atoms with E-state index >= 15 is 0 Å². The fourth-order valence-electron chi connectivity index (χ4n) is 3.79. The molecule has 1 fully saturated rings. The minimum Gasteiger partial charge on any atom is -0.383 e. The molecule has 1 aliphatic heterocycles. The number of nitrogens with one attached hydrogen (secondary N) is 2. The summed E-state index contributed by atoms with van der Waals surface area (Å²) in [5.74, 6) is -0.695. The van der Waals surface area contributed by atoms with Gasteiger partial charge in [0, 0.05) is 18.7 Å². The molecule has 1 aliphatic rings. The smallest absolute Gasteiger partial charge is 0.383 e. The van der Waals surface area contributed by atoms with Crippen LogP contribution in [-0.2, 0) is 16.6 Å². The number of hydrogen-bond acceptors (Lipinski definition) is 7. The van der Waals surface area contributed by atoms with Crippen molar-refractivity contribution in [1.29, 1.82) is 0 Å². The summed E-state index contributed by atoms with van der Waals surface area (Å²) in [4.78, 5) is 8.50. The Morgan fingerprint density at radius 2 is 1.97 bits per heavy atom. The largest absolute Gasteiger partial charge is 0.390 e. The quantitative estimate of drug-likeness (QED) is 0.471. The monoisotopic (exact) mass is 483 g/mol. The van der Waals surface area contributed by atoms with Gasteiger partial charge in [0.25, 0.3) is 0 Å². The normalized spacial score (nSPS) is 17.5. The zero-order valence-electron chi connectivity index (χ0n) is 17.6. The van der Waals surface area contributed by atoms with Gasteiger partial charge >= 0.3 is 6.18 Å². The number of nitrogens with zero attached hydrogens (tertiary/aromatic N) is 4. The number of sulfonamides is 1. The molecule has 0 aliphatic carbocycles. The molecule has 0 bridgehead atoms. The molecule has 0 amide bonds. The van der Waals surface area contributed by atoms with E-state index in [1.165, 1.54) is 6.33 Å². The minimum atomic E-state index is -4.53. The highest BCUT2D eigenvalue weighted by Gasteiger charge is 2.29. The van der Waals surface area contributed by atoms with Crippen molar-refractivity contribution in [2.24, 2.45) is 0 Å². The maximum absolute atomic E-state index is 12.3. The highest BCUT2D eigenvalue weighted by atomic mass is 32.2. The Morgan fingerprint density at radius 1 is 1.21 bits per heavy atom. The third-order valence-electron chi connectivity index (χ3n) is 5.51. The molecule has 0 spiro atoms. The van der Waals surface area contributed by atoms with Crippen molar-refractivity contribution in [3.05, 3.63) is 36.2 Å². The first-order chi connectivity index (χ1) is 15.6. The zero-order valence-corrected chi connectivity index (χ0v) is 18.5. The van der Waals surface area contributed by atoms with Crippen molar-refractivity contribution in [2.75, 3.05) is 24.6 Å². The third kappa shape index (κ3) is 5.60. The zero-order chi connectivity index (χ0) is 23.6. The Morgan fingerprint density at radius 3 is 2.64 bits per heavy atom. The summed E-state index contributed by atoms with van der Waals surface area (Å²) in [6.07, 6.45) is -2.53. The molecule has 9 nitrogen and oxygen atoms in total. The number of anilines is 1. The number of fused-ring (bicyclic) bond motifs is 1. The van der Waals surface area contributed by atoms with E-state index in [1.54, 1.807) is 24.3 Å². The predicted molar refractivity (Wildman–Crippen MR) is 118 cm³/mol. The highest BCUT2D eigenvalue weighted by molar-refractivity contribution is 7.89. The number of nitrogens with two attached hydrogens (primary N) is 1. The van der Waals surface area contributed by atoms with Crippen molar-refractivity contribution in [3.8, 4) is 11.3 Å². The predicted octanol–water partition coefficient (Wildman–Crippen LogP) is 2.37. The second kappa shape index (κ2) is 9.23. The van der Waals surface area contributed by atoms with Crippen LogP contribution in [0.15, 0.2) is 30.6 Å². The van der Waals surface area contributed by atoms with Gasteiger partial charge < -0.3 is 11.1 Å². The Kier molecular flexibility index (Phi) is 6.54. The lowest BCUT2D eigenvalue weighted by Crippen LogP contribution is -2.32. The van der Waals surface area contributed by atoms with Crippen LogP contribution >= 0.6 is 0 Å². The Bertz CT molecular complexity index is 1220. The topological polar surface area (TPSA) is 128 Å². The second-order valence-electron chi connectivity index (χ2n) is 7.95. The van der Waals surface area contributed by atoms with Crippen LogP contribution in [0.3, 0.4) is 0 Å². The fourth-order valence-corrected chi connectivity index (χ4v) is 4.82. The molecule has 1 unspecified atom stereocenters. The van der Waals surface area contributed by atoms with Gasteiger partial charge in [-0.25, -0.2) is 27.8 Å². The first kappa shape index (κ1) is 23.4. The SMILES string of the molecule is Nc1ncnc2c1c(-c1ccc(CNS(=O)(=O)CCC(F)(F)F)cc1)nn2C1CCCNC1. The van der Waals surface area contributed by atoms with Crippen molar-refractivity contribution in [1.82, 2.24) is 29.8 Å². The van der Waals surface area contributed by atoms with E-state index in [0.29, 0.717) is 28.1 Å². The van der Waals surface area contributed by atoms with Crippen LogP contribution in [-0.4, -0.2) is 53.2 Å². The summed E-state index contributed by atoms with van der Waals surface area (Å²) < 4.78 is 64.6. The average Bonchev–Trinajstić information content (AvgIpc) is 3.18. The molecule has 0 radical (unpaired) electrons. The van der Waals surface area contributed by atoms with Crippen LogP contribution in [0.2, 0.25) is 0 Å². The molecule has 4 N–H and O–H groups in total. The average molecular weight is 484 g/mol. The first-order valence-electron chi connectivity index (χ1n) is 10.5. The van der Waals surface area contributed by atoms with Gasteiger partial charge in [0.1, 0.15) is 17.8 Å². The van der Waals surface area contributed by atoms with Gasteiger partial charge in [0.05, 0.1) is 23.6 Å². The molecule has 2 aromatic heterocycles. The van der Waals surface area contributed by atoms with Gasteiger partial charge in [-0.05, 0) is 24.9 Å². The summed E-state index contributed by atoms with van der Waals surface area (Å²) in [5, 5.41) is 8.78. The number of nitrogen functional groups attached to an aromatic ring is 1. The molecule has 3 heterocycles. The number of halogens is 3. The lowest BCUT2D eigenvalue weighted by molar-refractivity contribution is -0.130. The lowest BCUT2D eigenvalue weighted by Gasteiger charge is -2.23. The van der Waals surface area contributed by atoms with Crippen molar-refractivity contribution in [3.63, 3.8) is 0 Å². The Labute approximate surface area is 188 Å². The summed E-state index contributed by atoms with van der Waals surface area (Å²) >= 11 is 0. The molecule has 1 aromatic carbocycles. The summed E-state index contributed by atoms with van der Waals surface area (Å²) in [6, 6.07) is 7.03. The Balaban J connectivity index is 1.55. The van der Waals surface area contributed by atoms with Crippen LogP contribution in [0.1, 0.15) is 30.9 Å². The fraction of sp³-hybridized carbons (Fsp3) is 0.450. The van der Waals surface area contributed by atoms with E-state index in [4.69, 9.17) is 10.8 Å². The molecule has 3 aromatic rings. The van der Waals surface area contributed by atoms with Gasteiger partial charge in [0.2, 0.25) is 10.0 Å². The van der Waals surface area contributed by atoms with Crippen LogP contribution in [0.5, 0.6) is 0 Å². The lowest BCUT2D eigenvalue weighted by atomic mass is 10.1. The van der Waals surface area contributed by atoms with Crippen LogP contribution in [0.25, 0.3) is 22.3 Å². The van der Waals surface area contributed by atoms with E-state index in [0.717, 1.165) is 31.5 Å². The standard InChI is InChI=1S/C20H24F3N7O2S/c21-20(22,23)7-9-33(31,32)28-10-13-3-5-14(6-4-13)17-16-18(24)26-12-27-19(16)30(29-17)15-2-1-8-25-11-15/h3-6,12,15,25,28H,1-2,7-11H2,(H2,24,26,27). The van der Waals surface area contributed by atoms with E-state index in [-0.39, 0.29) is 12.6 Å². The number of rotatable bonds is 7.